The largest absolute Gasteiger partial charge is 0.483 e. The Hall–Kier alpha value is -2.83. The number of carbonyl (C=O) groups is 1. The van der Waals surface area contributed by atoms with Crippen molar-refractivity contribution in [2.75, 3.05) is 11.1 Å². The van der Waals surface area contributed by atoms with Crippen LogP contribution in [0.5, 0.6) is 5.75 Å². The van der Waals surface area contributed by atoms with Crippen molar-refractivity contribution < 1.29 is 9.53 Å². The van der Waals surface area contributed by atoms with Gasteiger partial charge in [-0.05, 0) is 74.1 Å². The molecule has 0 bridgehead atoms. The minimum atomic E-state index is -0.286. The molecule has 1 aliphatic carbocycles. The van der Waals surface area contributed by atoms with Crippen LogP contribution < -0.4 is 10.1 Å². The quantitative estimate of drug-likeness (QED) is 0.294. The first-order valence-corrected chi connectivity index (χ1v) is 15.1. The molecule has 0 aliphatic heterocycles. The van der Waals surface area contributed by atoms with E-state index < -0.39 is 0 Å². The lowest BCUT2D eigenvalue weighted by Crippen LogP contribution is -2.26. The summed E-state index contributed by atoms with van der Waals surface area (Å²) in [6.45, 7) is 13.6. The molecule has 1 N–H and O–H groups in total. The van der Waals surface area contributed by atoms with E-state index >= 15 is 0 Å². The summed E-state index contributed by atoms with van der Waals surface area (Å²) in [7, 11) is 0. The summed E-state index contributed by atoms with van der Waals surface area (Å²) in [6, 6.07) is 10.4. The molecule has 2 aromatic heterocycles. The first-order valence-electron chi connectivity index (χ1n) is 13.3. The number of fused-ring (bicyclic) bond motifs is 1. The summed E-state index contributed by atoms with van der Waals surface area (Å²) in [4.78, 5) is 14.1. The number of hydrogen-bond acceptors (Lipinski definition) is 7. The fraction of sp³-hybridized carbons (Fsp3) is 0.517. The number of nitrogens with zero attached hydrogens (tertiary/aromatic N) is 4. The average molecular weight is 552 g/mol. The smallest absolute Gasteiger partial charge is 0.235 e. The number of carbonyl (C=O) groups excluding carboxylic acids is 1. The minimum absolute atomic E-state index is 0.148. The van der Waals surface area contributed by atoms with Gasteiger partial charge in [0.05, 0.1) is 11.3 Å². The second kappa shape index (κ2) is 11.9. The summed E-state index contributed by atoms with van der Waals surface area (Å²) < 4.78 is 8.10. The van der Waals surface area contributed by atoms with Gasteiger partial charge in [0, 0.05) is 11.4 Å². The molecule has 0 spiro atoms. The van der Waals surface area contributed by atoms with E-state index in [1.165, 1.54) is 22.2 Å². The van der Waals surface area contributed by atoms with Crippen LogP contribution in [-0.2, 0) is 30.6 Å². The van der Waals surface area contributed by atoms with Gasteiger partial charge in [-0.25, -0.2) is 0 Å². The molecule has 2 atom stereocenters. The van der Waals surface area contributed by atoms with Crippen molar-refractivity contribution in [1.29, 1.82) is 5.26 Å². The molecule has 0 saturated heterocycles. The summed E-state index contributed by atoms with van der Waals surface area (Å²) in [6.07, 6.45) is 3.64. The van der Waals surface area contributed by atoms with Crippen LogP contribution in [0, 0.1) is 22.7 Å². The molecule has 0 unspecified atom stereocenters. The highest BCUT2D eigenvalue weighted by Crippen LogP contribution is 2.44. The zero-order valence-corrected chi connectivity index (χ0v) is 24.8. The van der Waals surface area contributed by atoms with E-state index in [-0.39, 0.29) is 23.2 Å². The Balaban J connectivity index is 1.40. The Morgan fingerprint density at radius 3 is 2.66 bits per heavy atom. The number of aryl methyl sites for hydroxylation is 1. The van der Waals surface area contributed by atoms with Crippen molar-refractivity contribution in [2.24, 2.45) is 11.3 Å². The van der Waals surface area contributed by atoms with E-state index in [0.29, 0.717) is 28.2 Å². The molecule has 9 heteroatoms. The summed E-state index contributed by atoms with van der Waals surface area (Å²) in [5.74, 6) is 2.13. The van der Waals surface area contributed by atoms with Crippen molar-refractivity contribution in [3.05, 3.63) is 51.7 Å². The van der Waals surface area contributed by atoms with E-state index in [1.807, 2.05) is 30.5 Å². The second-order valence-corrected chi connectivity index (χ2v) is 12.9. The molecule has 1 aromatic carbocycles. The van der Waals surface area contributed by atoms with E-state index in [4.69, 9.17) is 4.74 Å². The lowest BCUT2D eigenvalue weighted by Gasteiger charge is -2.33. The van der Waals surface area contributed by atoms with Crippen LogP contribution in [0.2, 0.25) is 0 Å². The van der Waals surface area contributed by atoms with Gasteiger partial charge in [0.25, 0.3) is 0 Å². The van der Waals surface area contributed by atoms with Gasteiger partial charge in [-0.1, -0.05) is 51.6 Å². The maximum Gasteiger partial charge on any atom is 0.235 e. The Labute approximate surface area is 234 Å². The monoisotopic (exact) mass is 551 g/mol. The third kappa shape index (κ3) is 6.24. The molecule has 1 amide bonds. The maximum atomic E-state index is 12.9. The van der Waals surface area contributed by atoms with E-state index in [9.17, 15) is 10.1 Å². The minimum Gasteiger partial charge on any atom is -0.483 e. The fourth-order valence-electron chi connectivity index (χ4n) is 4.89. The molecule has 38 heavy (non-hydrogen) atoms. The van der Waals surface area contributed by atoms with Crippen LogP contribution in [0.25, 0.3) is 0 Å². The first-order chi connectivity index (χ1) is 18.1. The van der Waals surface area contributed by atoms with Crippen molar-refractivity contribution >= 4 is 34.0 Å². The normalized spacial score (nSPS) is 16.0. The summed E-state index contributed by atoms with van der Waals surface area (Å²) >= 11 is 2.91. The molecule has 1 aliphatic rings. The number of nitriles is 1. The lowest BCUT2D eigenvalue weighted by molar-refractivity contribution is -0.113. The standard InChI is InChI=1S/C29H37N5O2S2/c1-7-19-9-12-21(13-10-19)36-18(3)26-32-33-28(34(26)8-2)37-17-25(35)31-27-23(16-30)22-14-11-20(29(4,5)6)15-24(22)38-27/h9-10,12-13,18,20H,7-8,11,14-15,17H2,1-6H3,(H,31,35)/t18-,20+/m1/s1. The van der Waals surface area contributed by atoms with Crippen molar-refractivity contribution in [1.82, 2.24) is 14.8 Å². The number of anilines is 1. The van der Waals surface area contributed by atoms with E-state index in [0.717, 1.165) is 42.8 Å². The van der Waals surface area contributed by atoms with Gasteiger partial charge in [-0.2, -0.15) is 5.26 Å². The number of ether oxygens (including phenoxy) is 1. The third-order valence-electron chi connectivity index (χ3n) is 7.26. The van der Waals surface area contributed by atoms with Crippen molar-refractivity contribution in [3.63, 3.8) is 0 Å². The van der Waals surface area contributed by atoms with E-state index in [2.05, 4.69) is 61.4 Å². The SMILES string of the molecule is CCc1ccc(O[C@H](C)c2nnc(SCC(=O)Nc3sc4c(c3C#N)CC[C@H](C(C)(C)C)C4)n2CC)cc1. The highest BCUT2D eigenvalue weighted by atomic mass is 32.2. The Bertz CT molecular complexity index is 1310. The predicted molar refractivity (Wildman–Crippen MR) is 154 cm³/mol. The van der Waals surface area contributed by atoms with Crippen LogP contribution in [0.15, 0.2) is 29.4 Å². The van der Waals surface area contributed by atoms with Gasteiger partial charge in [0.1, 0.15) is 16.8 Å². The number of nitrogens with one attached hydrogen (secondary N) is 1. The third-order valence-corrected chi connectivity index (χ3v) is 9.39. The first kappa shape index (κ1) is 28.2. The molecule has 7 nitrogen and oxygen atoms in total. The Morgan fingerprint density at radius 2 is 2.03 bits per heavy atom. The van der Waals surface area contributed by atoms with Crippen LogP contribution in [0.1, 0.15) is 81.5 Å². The topological polar surface area (TPSA) is 92.8 Å². The van der Waals surface area contributed by atoms with Crippen LogP contribution >= 0.6 is 23.1 Å². The lowest BCUT2D eigenvalue weighted by atomic mass is 9.72. The molecule has 2 heterocycles. The number of benzene rings is 1. The summed E-state index contributed by atoms with van der Waals surface area (Å²) in [5, 5.41) is 22.9. The Morgan fingerprint density at radius 1 is 1.29 bits per heavy atom. The molecule has 0 fully saturated rings. The highest BCUT2D eigenvalue weighted by molar-refractivity contribution is 7.99. The fourth-order valence-corrected chi connectivity index (χ4v) is 6.99. The van der Waals surface area contributed by atoms with Crippen LogP contribution in [0.4, 0.5) is 5.00 Å². The zero-order valence-electron chi connectivity index (χ0n) is 23.1. The number of hydrogen-bond donors (Lipinski definition) is 1. The molecule has 0 radical (unpaired) electrons. The average Bonchev–Trinajstić information content (AvgIpc) is 3.47. The predicted octanol–water partition coefficient (Wildman–Crippen LogP) is 6.82. The van der Waals surface area contributed by atoms with Gasteiger partial charge in [-0.3, -0.25) is 4.79 Å². The van der Waals surface area contributed by atoms with Crippen LogP contribution in [-0.4, -0.2) is 26.4 Å². The molecule has 4 rings (SSSR count). The molecular weight excluding hydrogens is 514 g/mol. The van der Waals surface area contributed by atoms with Crippen molar-refractivity contribution in [2.45, 2.75) is 85.0 Å². The number of amides is 1. The molecule has 3 aromatic rings. The number of aromatic nitrogens is 3. The Kier molecular flexibility index (Phi) is 8.84. The molecular formula is C29H37N5O2S2. The molecule has 0 saturated carbocycles. The van der Waals surface area contributed by atoms with Gasteiger partial charge < -0.3 is 14.6 Å². The van der Waals surface area contributed by atoms with Gasteiger partial charge in [-0.15, -0.1) is 21.5 Å². The van der Waals surface area contributed by atoms with Gasteiger partial charge in [0.15, 0.2) is 17.1 Å². The van der Waals surface area contributed by atoms with Crippen LogP contribution in [0.3, 0.4) is 0 Å². The van der Waals surface area contributed by atoms with E-state index in [1.54, 1.807) is 11.3 Å². The van der Waals surface area contributed by atoms with Gasteiger partial charge >= 0.3 is 0 Å². The van der Waals surface area contributed by atoms with Crippen molar-refractivity contribution in [3.8, 4) is 11.8 Å². The number of thioether (sulfide) groups is 1. The number of rotatable bonds is 9. The maximum absolute atomic E-state index is 12.9. The summed E-state index contributed by atoms with van der Waals surface area (Å²) in [5.41, 5.74) is 3.24. The second-order valence-electron chi connectivity index (χ2n) is 10.8. The van der Waals surface area contributed by atoms with Gasteiger partial charge in [0.2, 0.25) is 5.91 Å². The molecule has 202 valence electrons. The zero-order chi connectivity index (χ0) is 27.4. The highest BCUT2D eigenvalue weighted by Gasteiger charge is 2.32. The number of thiophene rings is 1.